The van der Waals surface area contributed by atoms with Crippen LogP contribution >= 0.6 is 0 Å². The molecule has 1 aromatic carbocycles. The summed E-state index contributed by atoms with van der Waals surface area (Å²) in [7, 11) is 0. The van der Waals surface area contributed by atoms with Gasteiger partial charge in [-0.1, -0.05) is 43.2 Å². The van der Waals surface area contributed by atoms with Crippen LogP contribution in [0, 0.1) is 0 Å². The van der Waals surface area contributed by atoms with Crippen molar-refractivity contribution in [2.24, 2.45) is 5.84 Å². The van der Waals surface area contributed by atoms with E-state index < -0.39 is 0 Å². The zero-order valence-corrected chi connectivity index (χ0v) is 11.3. The maximum atomic E-state index is 12.0. The van der Waals surface area contributed by atoms with Crippen molar-refractivity contribution in [1.82, 2.24) is 10.3 Å². The Kier molecular flexibility index (Phi) is 5.36. The number of hydrogen-bond donors (Lipinski definition) is 2. The fourth-order valence-corrected chi connectivity index (χ4v) is 2.70. The Balaban J connectivity index is 2.07. The van der Waals surface area contributed by atoms with Gasteiger partial charge < -0.3 is 4.90 Å². The van der Waals surface area contributed by atoms with Crippen molar-refractivity contribution in [3.05, 3.63) is 35.9 Å². The molecule has 0 radical (unpaired) electrons. The van der Waals surface area contributed by atoms with Crippen LogP contribution < -0.4 is 11.3 Å². The molecule has 2 rings (SSSR count). The summed E-state index contributed by atoms with van der Waals surface area (Å²) in [6.45, 7) is 2.93. The fourth-order valence-electron chi connectivity index (χ4n) is 2.70. The Labute approximate surface area is 114 Å². The first-order chi connectivity index (χ1) is 9.31. The highest BCUT2D eigenvalue weighted by atomic mass is 16.2. The molecule has 1 saturated heterocycles. The third kappa shape index (κ3) is 4.04. The molecule has 0 aromatic heterocycles. The van der Waals surface area contributed by atoms with Crippen LogP contribution in [-0.2, 0) is 4.79 Å². The van der Waals surface area contributed by atoms with Gasteiger partial charge in [-0.3, -0.25) is 10.2 Å². The molecule has 0 saturated carbocycles. The summed E-state index contributed by atoms with van der Waals surface area (Å²) in [6, 6.07) is 9.89. The van der Waals surface area contributed by atoms with Gasteiger partial charge in [-0.05, 0) is 31.5 Å². The van der Waals surface area contributed by atoms with Crippen LogP contribution in [0.3, 0.4) is 0 Å². The normalized spacial score (nSPS) is 18.6. The summed E-state index contributed by atoms with van der Waals surface area (Å²) in [5.41, 5.74) is 3.34. The number of amides is 1. The Bertz CT molecular complexity index is 386. The van der Waals surface area contributed by atoms with Crippen molar-refractivity contribution in [2.75, 3.05) is 19.6 Å². The van der Waals surface area contributed by atoms with Gasteiger partial charge >= 0.3 is 0 Å². The predicted octanol–water partition coefficient (Wildman–Crippen LogP) is 1.64. The Morgan fingerprint density at radius 2 is 1.79 bits per heavy atom. The lowest BCUT2D eigenvalue weighted by Gasteiger charge is -2.25. The molecule has 1 aliphatic heterocycles. The molecule has 4 heteroatoms. The number of nitrogens with one attached hydrogen (secondary N) is 1. The van der Waals surface area contributed by atoms with E-state index in [4.69, 9.17) is 5.84 Å². The molecule has 1 aromatic rings. The number of likely N-dealkylation sites (tertiary alicyclic amines) is 1. The highest BCUT2D eigenvalue weighted by molar-refractivity contribution is 5.83. The van der Waals surface area contributed by atoms with Gasteiger partial charge in [0, 0.05) is 6.54 Å². The molecule has 0 aliphatic carbocycles. The maximum absolute atomic E-state index is 12.0. The minimum Gasteiger partial charge on any atom is -0.302 e. The van der Waals surface area contributed by atoms with E-state index in [2.05, 4.69) is 10.3 Å². The summed E-state index contributed by atoms with van der Waals surface area (Å²) in [6.07, 6.45) is 5.06. The topological polar surface area (TPSA) is 58.4 Å². The van der Waals surface area contributed by atoms with Crippen LogP contribution in [0.15, 0.2) is 30.3 Å². The Hall–Kier alpha value is -1.39. The molecule has 1 atom stereocenters. The molecule has 1 heterocycles. The van der Waals surface area contributed by atoms with Crippen LogP contribution in [0.1, 0.15) is 37.2 Å². The SMILES string of the molecule is NNC(=O)C(CN1CCCCCC1)c1ccccc1. The lowest BCUT2D eigenvalue weighted by atomic mass is 9.97. The zero-order chi connectivity index (χ0) is 13.5. The van der Waals surface area contributed by atoms with Gasteiger partial charge in [-0.25, -0.2) is 5.84 Å². The Morgan fingerprint density at radius 3 is 2.37 bits per heavy atom. The number of hydrazine groups is 1. The van der Waals surface area contributed by atoms with Crippen molar-refractivity contribution in [3.8, 4) is 0 Å². The van der Waals surface area contributed by atoms with E-state index in [0.29, 0.717) is 0 Å². The van der Waals surface area contributed by atoms with Gasteiger partial charge in [0.2, 0.25) is 5.91 Å². The van der Waals surface area contributed by atoms with E-state index in [1.807, 2.05) is 30.3 Å². The molecule has 0 spiro atoms. The first kappa shape index (κ1) is 14.0. The van der Waals surface area contributed by atoms with E-state index in [-0.39, 0.29) is 11.8 Å². The summed E-state index contributed by atoms with van der Waals surface area (Å²) < 4.78 is 0. The second-order valence-corrected chi connectivity index (χ2v) is 5.19. The third-order valence-electron chi connectivity index (χ3n) is 3.80. The van der Waals surface area contributed by atoms with Crippen LogP contribution in [0.4, 0.5) is 0 Å². The van der Waals surface area contributed by atoms with E-state index in [9.17, 15) is 4.79 Å². The van der Waals surface area contributed by atoms with Crippen molar-refractivity contribution in [3.63, 3.8) is 0 Å². The second kappa shape index (κ2) is 7.26. The van der Waals surface area contributed by atoms with E-state index in [1.54, 1.807) is 0 Å². The largest absolute Gasteiger partial charge is 0.302 e. The summed E-state index contributed by atoms with van der Waals surface area (Å²) in [5, 5.41) is 0. The van der Waals surface area contributed by atoms with Crippen molar-refractivity contribution in [2.45, 2.75) is 31.6 Å². The molecular formula is C15H23N3O. The molecule has 1 amide bonds. The molecular weight excluding hydrogens is 238 g/mol. The first-order valence-corrected chi connectivity index (χ1v) is 7.09. The minimum absolute atomic E-state index is 0.101. The van der Waals surface area contributed by atoms with Gasteiger partial charge in [0.25, 0.3) is 0 Å². The summed E-state index contributed by atoms with van der Waals surface area (Å²) in [4.78, 5) is 14.4. The molecule has 1 unspecified atom stereocenters. The highest BCUT2D eigenvalue weighted by Gasteiger charge is 2.23. The van der Waals surface area contributed by atoms with Crippen LogP contribution in [0.5, 0.6) is 0 Å². The van der Waals surface area contributed by atoms with Gasteiger partial charge in [0.1, 0.15) is 0 Å². The Morgan fingerprint density at radius 1 is 1.16 bits per heavy atom. The van der Waals surface area contributed by atoms with Gasteiger partial charge in [-0.2, -0.15) is 0 Å². The maximum Gasteiger partial charge on any atom is 0.242 e. The molecule has 19 heavy (non-hydrogen) atoms. The van der Waals surface area contributed by atoms with Gasteiger partial charge in [-0.15, -0.1) is 0 Å². The highest BCUT2D eigenvalue weighted by Crippen LogP contribution is 2.19. The number of rotatable bonds is 4. The predicted molar refractivity (Wildman–Crippen MR) is 76.4 cm³/mol. The first-order valence-electron chi connectivity index (χ1n) is 7.09. The lowest BCUT2D eigenvalue weighted by molar-refractivity contribution is -0.123. The third-order valence-corrected chi connectivity index (χ3v) is 3.80. The van der Waals surface area contributed by atoms with E-state index in [1.165, 1.54) is 25.7 Å². The molecule has 1 fully saturated rings. The van der Waals surface area contributed by atoms with Crippen molar-refractivity contribution >= 4 is 5.91 Å². The van der Waals surface area contributed by atoms with Gasteiger partial charge in [0.15, 0.2) is 0 Å². The van der Waals surface area contributed by atoms with Crippen molar-refractivity contribution in [1.29, 1.82) is 0 Å². The quantitative estimate of drug-likeness (QED) is 0.492. The fraction of sp³-hybridized carbons (Fsp3) is 0.533. The van der Waals surface area contributed by atoms with Crippen LogP contribution in [0.25, 0.3) is 0 Å². The summed E-state index contributed by atoms with van der Waals surface area (Å²) in [5.74, 6) is 5.05. The van der Waals surface area contributed by atoms with Crippen LogP contribution in [0.2, 0.25) is 0 Å². The molecule has 0 bridgehead atoms. The second-order valence-electron chi connectivity index (χ2n) is 5.19. The number of benzene rings is 1. The lowest BCUT2D eigenvalue weighted by Crippen LogP contribution is -2.40. The summed E-state index contributed by atoms with van der Waals surface area (Å²) >= 11 is 0. The molecule has 4 nitrogen and oxygen atoms in total. The van der Waals surface area contributed by atoms with Gasteiger partial charge in [0.05, 0.1) is 5.92 Å². The number of carbonyl (C=O) groups is 1. The minimum atomic E-state index is -0.177. The number of nitrogens with two attached hydrogens (primary N) is 1. The smallest absolute Gasteiger partial charge is 0.242 e. The molecule has 3 N–H and O–H groups in total. The monoisotopic (exact) mass is 261 g/mol. The zero-order valence-electron chi connectivity index (χ0n) is 11.3. The van der Waals surface area contributed by atoms with E-state index >= 15 is 0 Å². The average molecular weight is 261 g/mol. The van der Waals surface area contributed by atoms with E-state index in [0.717, 1.165) is 25.2 Å². The molecule has 1 aliphatic rings. The van der Waals surface area contributed by atoms with Crippen LogP contribution in [-0.4, -0.2) is 30.4 Å². The standard InChI is InChI=1S/C15H23N3O/c16-17-15(19)14(13-8-4-3-5-9-13)12-18-10-6-1-2-7-11-18/h3-5,8-9,14H,1-2,6-7,10-12,16H2,(H,17,19). The molecule has 104 valence electrons. The number of hydrogen-bond acceptors (Lipinski definition) is 3. The van der Waals surface area contributed by atoms with Crippen molar-refractivity contribution < 1.29 is 4.79 Å². The number of nitrogens with zero attached hydrogens (tertiary/aromatic N) is 1. The average Bonchev–Trinajstić information content (AvgIpc) is 2.73. The number of carbonyl (C=O) groups excluding carboxylic acids is 1.